The Hall–Kier alpha value is -2.50. The molecule has 0 atom stereocenters. The molecule has 1 aliphatic rings. The molecule has 8 heteroatoms. The largest absolute Gasteiger partial charge is 0.336 e. The molecule has 0 radical (unpaired) electrons. The fraction of sp³-hybridized carbons (Fsp3) is 0.200. The van der Waals surface area contributed by atoms with Crippen molar-refractivity contribution in [2.75, 3.05) is 26.2 Å². The van der Waals surface area contributed by atoms with Crippen LogP contribution in [0.2, 0.25) is 5.02 Å². The highest BCUT2D eigenvalue weighted by molar-refractivity contribution is 8.01. The number of aryl methyl sites for hydroxylation is 1. The fourth-order valence-corrected chi connectivity index (χ4v) is 6.08. The van der Waals surface area contributed by atoms with Crippen molar-refractivity contribution in [1.82, 2.24) is 9.21 Å². The van der Waals surface area contributed by atoms with Crippen LogP contribution >= 0.6 is 35.3 Å². The third-order valence-corrected chi connectivity index (χ3v) is 7.69. The summed E-state index contributed by atoms with van der Waals surface area (Å²) in [7, 11) is 0. The van der Waals surface area contributed by atoms with Crippen molar-refractivity contribution < 1.29 is 9.18 Å². The first-order valence-corrected chi connectivity index (χ1v) is 12.3. The van der Waals surface area contributed by atoms with Gasteiger partial charge in [0.1, 0.15) is 5.82 Å². The van der Waals surface area contributed by atoms with Crippen LogP contribution in [-0.2, 0) is 0 Å². The highest BCUT2D eigenvalue weighted by Crippen LogP contribution is 2.39. The number of nitriles is 1. The molecular formula is C25H21ClFN3OS2. The summed E-state index contributed by atoms with van der Waals surface area (Å²) in [5, 5.41) is 10.1. The molecular weight excluding hydrogens is 477 g/mol. The summed E-state index contributed by atoms with van der Waals surface area (Å²) in [5.41, 5.74) is 2.06. The summed E-state index contributed by atoms with van der Waals surface area (Å²) in [6.07, 6.45) is 0. The zero-order valence-electron chi connectivity index (χ0n) is 17.9. The van der Waals surface area contributed by atoms with E-state index in [1.54, 1.807) is 40.7 Å². The maximum atomic E-state index is 13.5. The van der Waals surface area contributed by atoms with Crippen molar-refractivity contribution in [2.45, 2.75) is 21.6 Å². The standard InChI is InChI=1S/C25H21ClFN3OS2/c1-17-11-20(26)15-22(12-17)32-23-6-5-18(16-28)13-24(23)33-30-9-7-29(8-10-30)25(31)19-3-2-4-21(27)14-19/h2-6,11-15H,7-10H2,1H3. The second kappa shape index (κ2) is 10.6. The molecule has 33 heavy (non-hydrogen) atoms. The van der Waals surface area contributed by atoms with Gasteiger partial charge in [-0.3, -0.25) is 4.79 Å². The lowest BCUT2D eigenvalue weighted by molar-refractivity contribution is 0.0703. The number of halogens is 2. The van der Waals surface area contributed by atoms with E-state index in [0.29, 0.717) is 42.3 Å². The van der Waals surface area contributed by atoms with Crippen LogP contribution in [0.3, 0.4) is 0 Å². The van der Waals surface area contributed by atoms with Crippen molar-refractivity contribution in [3.05, 3.63) is 88.2 Å². The molecule has 1 aliphatic heterocycles. The van der Waals surface area contributed by atoms with E-state index < -0.39 is 5.82 Å². The maximum Gasteiger partial charge on any atom is 0.254 e. The molecule has 4 nitrogen and oxygen atoms in total. The minimum Gasteiger partial charge on any atom is -0.336 e. The number of nitrogens with zero attached hydrogens (tertiary/aromatic N) is 3. The van der Waals surface area contributed by atoms with Gasteiger partial charge in [-0.15, -0.1) is 0 Å². The quantitative estimate of drug-likeness (QED) is 0.388. The van der Waals surface area contributed by atoms with Crippen LogP contribution in [0, 0.1) is 24.1 Å². The summed E-state index contributed by atoms with van der Waals surface area (Å²) in [4.78, 5) is 17.5. The molecule has 1 heterocycles. The van der Waals surface area contributed by atoms with Crippen molar-refractivity contribution in [3.8, 4) is 6.07 Å². The van der Waals surface area contributed by atoms with E-state index in [1.165, 1.54) is 12.1 Å². The minimum atomic E-state index is -0.410. The van der Waals surface area contributed by atoms with Gasteiger partial charge in [0.15, 0.2) is 0 Å². The first-order valence-electron chi connectivity index (χ1n) is 10.4. The molecule has 0 N–H and O–H groups in total. The highest BCUT2D eigenvalue weighted by Gasteiger charge is 2.24. The number of hydrogen-bond donors (Lipinski definition) is 0. The van der Waals surface area contributed by atoms with Crippen molar-refractivity contribution in [3.63, 3.8) is 0 Å². The van der Waals surface area contributed by atoms with E-state index in [4.69, 9.17) is 11.6 Å². The third-order valence-electron chi connectivity index (χ3n) is 5.14. The second-order valence-electron chi connectivity index (χ2n) is 7.66. The molecule has 0 unspecified atom stereocenters. The van der Waals surface area contributed by atoms with Crippen LogP contribution in [0.5, 0.6) is 0 Å². The monoisotopic (exact) mass is 497 g/mol. The van der Waals surface area contributed by atoms with E-state index in [-0.39, 0.29) is 5.91 Å². The number of carbonyl (C=O) groups is 1. The van der Waals surface area contributed by atoms with E-state index in [0.717, 1.165) is 20.2 Å². The van der Waals surface area contributed by atoms with Crippen LogP contribution in [-0.4, -0.2) is 41.3 Å². The molecule has 4 rings (SSSR count). The molecule has 0 aliphatic carbocycles. The van der Waals surface area contributed by atoms with Crippen molar-refractivity contribution >= 4 is 41.2 Å². The normalized spacial score (nSPS) is 14.2. The van der Waals surface area contributed by atoms with Crippen LogP contribution in [0.15, 0.2) is 75.4 Å². The number of benzene rings is 3. The summed E-state index contributed by atoms with van der Waals surface area (Å²) >= 11 is 9.43. The van der Waals surface area contributed by atoms with Gasteiger partial charge in [0.2, 0.25) is 0 Å². The van der Waals surface area contributed by atoms with E-state index >= 15 is 0 Å². The smallest absolute Gasteiger partial charge is 0.254 e. The molecule has 3 aromatic rings. The van der Waals surface area contributed by atoms with Gasteiger partial charge in [-0.2, -0.15) is 5.26 Å². The molecule has 0 aromatic heterocycles. The van der Waals surface area contributed by atoms with E-state index in [9.17, 15) is 14.4 Å². The fourth-order valence-electron chi connectivity index (χ4n) is 3.55. The predicted octanol–water partition coefficient (Wildman–Crippen LogP) is 6.28. The third kappa shape index (κ3) is 6.10. The van der Waals surface area contributed by atoms with Crippen LogP contribution in [0.1, 0.15) is 21.5 Å². The van der Waals surface area contributed by atoms with Crippen LogP contribution in [0.25, 0.3) is 0 Å². The molecule has 0 bridgehead atoms. The van der Waals surface area contributed by atoms with E-state index in [2.05, 4.69) is 16.4 Å². The average molecular weight is 498 g/mol. The molecule has 0 spiro atoms. The van der Waals surface area contributed by atoms with Crippen LogP contribution in [0.4, 0.5) is 4.39 Å². The Morgan fingerprint density at radius 2 is 1.82 bits per heavy atom. The Kier molecular flexibility index (Phi) is 7.61. The van der Waals surface area contributed by atoms with Gasteiger partial charge >= 0.3 is 0 Å². The molecule has 168 valence electrons. The zero-order chi connectivity index (χ0) is 23.4. The van der Waals surface area contributed by atoms with Gasteiger partial charge in [-0.05, 0) is 79.0 Å². The van der Waals surface area contributed by atoms with Gasteiger partial charge in [-0.25, -0.2) is 8.70 Å². The highest BCUT2D eigenvalue weighted by atomic mass is 35.5. The van der Waals surface area contributed by atoms with Gasteiger partial charge in [0.05, 0.1) is 11.6 Å². The first kappa shape index (κ1) is 23.7. The minimum absolute atomic E-state index is 0.154. The summed E-state index contributed by atoms with van der Waals surface area (Å²) in [6, 6.07) is 19.6. The Labute approximate surface area is 206 Å². The van der Waals surface area contributed by atoms with E-state index in [1.807, 2.05) is 37.3 Å². The molecule has 0 saturated carbocycles. The Balaban J connectivity index is 1.45. The maximum absolute atomic E-state index is 13.5. The summed E-state index contributed by atoms with van der Waals surface area (Å²) in [6.45, 7) is 4.45. The lowest BCUT2D eigenvalue weighted by Gasteiger charge is -2.34. The Morgan fingerprint density at radius 1 is 1.03 bits per heavy atom. The van der Waals surface area contributed by atoms with Gasteiger partial charge in [-0.1, -0.05) is 29.4 Å². The molecule has 1 fully saturated rings. The Bertz CT molecular complexity index is 1200. The van der Waals surface area contributed by atoms with Crippen LogP contribution < -0.4 is 0 Å². The second-order valence-corrected chi connectivity index (χ2v) is 10.4. The number of carbonyl (C=O) groups excluding carboxylic acids is 1. The van der Waals surface area contributed by atoms with Gasteiger partial charge in [0.25, 0.3) is 5.91 Å². The lowest BCUT2D eigenvalue weighted by atomic mass is 10.2. The number of piperazine rings is 1. The van der Waals surface area contributed by atoms with Gasteiger partial charge in [0, 0.05) is 51.5 Å². The van der Waals surface area contributed by atoms with Gasteiger partial charge < -0.3 is 4.90 Å². The zero-order valence-corrected chi connectivity index (χ0v) is 20.3. The van der Waals surface area contributed by atoms with Crippen molar-refractivity contribution in [1.29, 1.82) is 5.26 Å². The molecule has 1 saturated heterocycles. The lowest BCUT2D eigenvalue weighted by Crippen LogP contribution is -2.46. The van der Waals surface area contributed by atoms with Crippen molar-refractivity contribution in [2.24, 2.45) is 0 Å². The average Bonchev–Trinajstić information content (AvgIpc) is 2.79. The first-order chi connectivity index (χ1) is 15.9. The number of amides is 1. The summed E-state index contributed by atoms with van der Waals surface area (Å²) < 4.78 is 15.7. The molecule has 3 aromatic carbocycles. The Morgan fingerprint density at radius 3 is 2.52 bits per heavy atom. The number of rotatable bonds is 5. The molecule has 1 amide bonds. The summed E-state index contributed by atoms with van der Waals surface area (Å²) in [5.74, 6) is -0.564. The predicted molar refractivity (Wildman–Crippen MR) is 131 cm³/mol. The SMILES string of the molecule is Cc1cc(Cl)cc(Sc2ccc(C#N)cc2SN2CCN(C(=O)c3cccc(F)c3)CC2)c1. The number of hydrogen-bond acceptors (Lipinski definition) is 5. The topological polar surface area (TPSA) is 47.3 Å².